The van der Waals surface area contributed by atoms with Crippen LogP contribution < -0.4 is 20.7 Å². The predicted octanol–water partition coefficient (Wildman–Crippen LogP) is 5.97. The Bertz CT molecular complexity index is 1900. The number of nitrogens with one attached hydrogen (secondary N) is 1. The lowest BCUT2D eigenvalue weighted by molar-refractivity contribution is -0.0937. The Labute approximate surface area is 309 Å². The van der Waals surface area contributed by atoms with Crippen LogP contribution in [0.1, 0.15) is 57.0 Å². The van der Waals surface area contributed by atoms with Gasteiger partial charge >= 0.3 is 13.6 Å². The highest BCUT2D eigenvalue weighted by molar-refractivity contribution is 7.63. The molecule has 0 spiro atoms. The van der Waals surface area contributed by atoms with Crippen LogP contribution >= 0.6 is 7.87 Å². The molecule has 1 aliphatic rings. The van der Waals surface area contributed by atoms with Gasteiger partial charge in [0.15, 0.2) is 18.5 Å². The van der Waals surface area contributed by atoms with E-state index in [-0.39, 0.29) is 31.3 Å². The third-order valence-electron chi connectivity index (χ3n) is 9.25. The number of methoxy groups -OCH3 is 2. The van der Waals surface area contributed by atoms with E-state index in [2.05, 4.69) is 11.1 Å². The average Bonchev–Trinajstić information content (AvgIpc) is 3.44. The Morgan fingerprint density at radius 3 is 1.96 bits per heavy atom. The Kier molecular flexibility index (Phi) is 12.9. The number of alkyl halides is 1. The van der Waals surface area contributed by atoms with Gasteiger partial charge in [0, 0.05) is 24.3 Å². The number of nitrogens with zero attached hydrogens (tertiary/aromatic N) is 3. The fourth-order valence-electron chi connectivity index (χ4n) is 7.02. The third-order valence-corrected chi connectivity index (χ3v) is 12.3. The molecular formula is C39H47FN4O8P+. The van der Waals surface area contributed by atoms with Gasteiger partial charge in [0.2, 0.25) is 0 Å². The molecule has 4 aromatic rings. The lowest BCUT2D eigenvalue weighted by Gasteiger charge is -2.38. The fourth-order valence-corrected chi connectivity index (χ4v) is 9.94. The summed E-state index contributed by atoms with van der Waals surface area (Å²) in [5.41, 5.74) is -0.639. The number of H-pyrrole nitrogens is 1. The van der Waals surface area contributed by atoms with Gasteiger partial charge in [0.25, 0.3) is 5.56 Å². The zero-order chi connectivity index (χ0) is 38.3. The molecule has 0 bridgehead atoms. The summed E-state index contributed by atoms with van der Waals surface area (Å²) in [6, 6.07) is 27.1. The minimum Gasteiger partial charge on any atom is -0.497 e. The molecular weight excluding hydrogens is 702 g/mol. The molecule has 2 heterocycles. The second-order valence-electron chi connectivity index (χ2n) is 13.3. The molecule has 5 rings (SSSR count). The summed E-state index contributed by atoms with van der Waals surface area (Å²) in [7, 11) is -0.508. The molecule has 1 aromatic heterocycles. The summed E-state index contributed by atoms with van der Waals surface area (Å²) >= 11 is 0. The first-order valence-electron chi connectivity index (χ1n) is 17.4. The quantitative estimate of drug-likeness (QED) is 0.104. The first-order chi connectivity index (χ1) is 25.4. The van der Waals surface area contributed by atoms with Crippen LogP contribution in [-0.4, -0.2) is 76.6 Å². The molecule has 1 saturated heterocycles. The summed E-state index contributed by atoms with van der Waals surface area (Å²) < 4.78 is 50.5. The Morgan fingerprint density at radius 1 is 0.925 bits per heavy atom. The molecule has 3 aromatic carbocycles. The number of nitriles is 1. The topological polar surface area (TPSA) is 148 Å². The van der Waals surface area contributed by atoms with Crippen molar-refractivity contribution in [3.8, 4) is 17.6 Å². The second-order valence-corrected chi connectivity index (χ2v) is 15.7. The van der Waals surface area contributed by atoms with Crippen molar-refractivity contribution in [3.05, 3.63) is 129 Å². The van der Waals surface area contributed by atoms with Gasteiger partial charge in [0.05, 0.1) is 33.3 Å². The third kappa shape index (κ3) is 8.39. The highest BCUT2D eigenvalue weighted by atomic mass is 31.2. The van der Waals surface area contributed by atoms with Gasteiger partial charge in [-0.1, -0.05) is 54.6 Å². The van der Waals surface area contributed by atoms with E-state index in [1.54, 1.807) is 18.9 Å². The summed E-state index contributed by atoms with van der Waals surface area (Å²) in [5, 5.41) is 9.54. The number of aromatic amines is 1. The predicted molar refractivity (Wildman–Crippen MR) is 200 cm³/mol. The van der Waals surface area contributed by atoms with Crippen LogP contribution in [0.3, 0.4) is 0 Å². The summed E-state index contributed by atoms with van der Waals surface area (Å²) in [4.78, 5) is 39.4. The average molecular weight is 750 g/mol. The van der Waals surface area contributed by atoms with Crippen molar-refractivity contribution in [2.45, 2.75) is 76.4 Å². The van der Waals surface area contributed by atoms with Crippen LogP contribution in [0.25, 0.3) is 0 Å². The summed E-state index contributed by atoms with van der Waals surface area (Å²) in [5.74, 6) is 1.26. The molecule has 53 heavy (non-hydrogen) atoms. The second kappa shape index (κ2) is 17.2. The Balaban J connectivity index is 1.65. The molecule has 0 aliphatic carbocycles. The largest absolute Gasteiger partial charge is 0.497 e. The monoisotopic (exact) mass is 749 g/mol. The van der Waals surface area contributed by atoms with E-state index in [0.717, 1.165) is 33.5 Å². The maximum Gasteiger partial charge on any atom is 0.347 e. The summed E-state index contributed by atoms with van der Waals surface area (Å²) in [6.07, 6.45) is -5.13. The molecule has 0 radical (unpaired) electrons. The molecule has 2 N–H and O–H groups in total. The molecule has 0 saturated carbocycles. The van der Waals surface area contributed by atoms with E-state index < -0.39 is 49.3 Å². The van der Waals surface area contributed by atoms with Crippen molar-refractivity contribution >= 4 is 7.87 Å². The standard InChI is InChI=1S/C39H46FN4O8P/c1-26(2)44(27(3)4)53(47,24-10-22-41)52-36-33(51-37(35(36)40)43-23-21-34(45)42-38(43)46)25-50-39(28-11-8-7-9-12-28,29-13-17-31(48-5)18-14-29)30-15-19-32(49-6)20-16-30/h7-9,11-21,23,26-27,33,35-37,47H,10,24-25H2,1-6H3/p+1/t33-,35-,36-,37-,53?/m1/s1. The first kappa shape index (κ1) is 39.8. The van der Waals surface area contributed by atoms with Crippen molar-refractivity contribution in [2.24, 2.45) is 0 Å². The zero-order valence-electron chi connectivity index (χ0n) is 30.7. The maximum atomic E-state index is 17.0. The molecule has 1 unspecified atom stereocenters. The number of rotatable bonds is 16. The van der Waals surface area contributed by atoms with Crippen molar-refractivity contribution < 1.29 is 32.8 Å². The van der Waals surface area contributed by atoms with Crippen LogP contribution in [0.2, 0.25) is 0 Å². The van der Waals surface area contributed by atoms with E-state index in [1.165, 1.54) is 0 Å². The van der Waals surface area contributed by atoms with Gasteiger partial charge in [-0.3, -0.25) is 14.3 Å². The van der Waals surface area contributed by atoms with E-state index in [1.807, 2.05) is 107 Å². The first-order valence-corrected chi connectivity index (χ1v) is 19.2. The minimum atomic E-state index is -3.66. The highest BCUT2D eigenvalue weighted by Gasteiger charge is 2.58. The Morgan fingerprint density at radius 2 is 1.47 bits per heavy atom. The lowest BCUT2D eigenvalue weighted by Crippen LogP contribution is -2.44. The van der Waals surface area contributed by atoms with Gasteiger partial charge in [-0.15, -0.1) is 4.67 Å². The number of ether oxygens (including phenoxy) is 4. The van der Waals surface area contributed by atoms with E-state index in [9.17, 15) is 19.7 Å². The molecule has 14 heteroatoms. The van der Waals surface area contributed by atoms with Gasteiger partial charge in [-0.05, 0) is 68.7 Å². The molecule has 12 nitrogen and oxygen atoms in total. The van der Waals surface area contributed by atoms with Crippen LogP contribution in [0.4, 0.5) is 4.39 Å². The van der Waals surface area contributed by atoms with Gasteiger partial charge in [-0.25, -0.2) is 14.1 Å². The van der Waals surface area contributed by atoms with E-state index in [0.29, 0.717) is 11.5 Å². The van der Waals surface area contributed by atoms with Crippen molar-refractivity contribution in [1.82, 2.24) is 14.2 Å². The zero-order valence-corrected chi connectivity index (χ0v) is 31.6. The normalized spacial score (nSPS) is 20.0. The van der Waals surface area contributed by atoms with Crippen molar-refractivity contribution in [3.63, 3.8) is 0 Å². The number of hydrogen-bond donors (Lipinski definition) is 2. The highest BCUT2D eigenvalue weighted by Crippen LogP contribution is 2.64. The van der Waals surface area contributed by atoms with Crippen LogP contribution in [0.5, 0.6) is 11.5 Å². The summed E-state index contributed by atoms with van der Waals surface area (Å²) in [6.45, 7) is 7.27. The number of halogens is 1. The van der Waals surface area contributed by atoms with Crippen LogP contribution in [0.15, 0.2) is 101 Å². The van der Waals surface area contributed by atoms with Gasteiger partial charge in [0.1, 0.15) is 29.4 Å². The maximum absolute atomic E-state index is 17.0. The number of aromatic nitrogens is 2. The van der Waals surface area contributed by atoms with E-state index >= 15 is 4.39 Å². The van der Waals surface area contributed by atoms with Crippen molar-refractivity contribution in [1.29, 1.82) is 5.26 Å². The fraction of sp³-hybridized carbons (Fsp3) is 0.410. The van der Waals surface area contributed by atoms with Crippen LogP contribution in [-0.2, 0) is 19.6 Å². The SMILES string of the molecule is COc1ccc(C(OC[C@H]2O[C@@H](n3ccc(=O)[nH]c3=O)[C@H](F)[C@@H]2O[P+](O)(CCC#N)N(C(C)C)C(C)C)(c2ccccc2)c2ccc(OC)cc2)cc1. The van der Waals surface area contributed by atoms with Crippen molar-refractivity contribution in [2.75, 3.05) is 27.0 Å². The number of hydrogen-bond acceptors (Lipinski definition) is 10. The molecule has 0 amide bonds. The van der Waals surface area contributed by atoms with Gasteiger partial charge < -0.3 is 18.9 Å². The van der Waals surface area contributed by atoms with E-state index in [4.69, 9.17) is 23.5 Å². The molecule has 1 fully saturated rings. The molecule has 5 atom stereocenters. The lowest BCUT2D eigenvalue weighted by atomic mass is 9.80. The number of benzene rings is 3. The van der Waals surface area contributed by atoms with Crippen LogP contribution in [0, 0.1) is 11.3 Å². The molecule has 1 aliphatic heterocycles. The van der Waals surface area contributed by atoms with Gasteiger partial charge in [-0.2, -0.15) is 9.79 Å². The molecule has 282 valence electrons. The minimum absolute atomic E-state index is 0.0409. The smallest absolute Gasteiger partial charge is 0.347 e. The Hall–Kier alpha value is -4.41.